The summed E-state index contributed by atoms with van der Waals surface area (Å²) in [6.07, 6.45) is 2.83. The van der Waals surface area contributed by atoms with Gasteiger partial charge in [-0.25, -0.2) is 18.7 Å². The summed E-state index contributed by atoms with van der Waals surface area (Å²) in [7, 11) is 0. The van der Waals surface area contributed by atoms with Crippen molar-refractivity contribution < 1.29 is 18.3 Å². The van der Waals surface area contributed by atoms with Crippen LogP contribution in [0.1, 0.15) is 71.1 Å². The van der Waals surface area contributed by atoms with Gasteiger partial charge in [-0.2, -0.15) is 0 Å². The number of ether oxygens (including phenoxy) is 1. The number of aromatic nitrogens is 2. The minimum atomic E-state index is -0.686. The molecule has 0 aliphatic carbocycles. The van der Waals surface area contributed by atoms with E-state index in [1.807, 2.05) is 20.0 Å². The maximum Gasteiger partial charge on any atom is 0.227 e. The molecule has 0 saturated carbocycles. The molecule has 3 aromatic rings. The van der Waals surface area contributed by atoms with E-state index in [1.165, 1.54) is 29.3 Å². The Morgan fingerprint density at radius 1 is 1.08 bits per heavy atom. The van der Waals surface area contributed by atoms with E-state index in [4.69, 9.17) is 9.72 Å². The van der Waals surface area contributed by atoms with Crippen molar-refractivity contribution in [2.75, 3.05) is 13.1 Å². The fourth-order valence-electron chi connectivity index (χ4n) is 4.97. The third-order valence-electron chi connectivity index (χ3n) is 6.81. The molecule has 1 aliphatic heterocycles. The number of nitrogens with zero attached hydrogens (tertiary/aromatic N) is 3. The number of carbonyl (C=O) groups is 1. The van der Waals surface area contributed by atoms with Gasteiger partial charge in [0.05, 0.1) is 24.8 Å². The first-order chi connectivity index (χ1) is 17.2. The van der Waals surface area contributed by atoms with Crippen LogP contribution in [0.3, 0.4) is 0 Å². The molecule has 1 amide bonds. The second kappa shape index (κ2) is 11.2. The summed E-state index contributed by atoms with van der Waals surface area (Å²) in [6, 6.07) is 10.1. The van der Waals surface area contributed by atoms with Crippen LogP contribution in [0.4, 0.5) is 8.78 Å². The van der Waals surface area contributed by atoms with Gasteiger partial charge < -0.3 is 9.64 Å². The molecule has 1 saturated heterocycles. The summed E-state index contributed by atoms with van der Waals surface area (Å²) in [4.78, 5) is 23.6. The summed E-state index contributed by atoms with van der Waals surface area (Å²) in [5, 5.41) is 0. The van der Waals surface area contributed by atoms with Crippen LogP contribution in [-0.2, 0) is 22.6 Å². The number of carbonyl (C=O) groups excluding carboxylic acids is 1. The van der Waals surface area contributed by atoms with E-state index in [-0.39, 0.29) is 29.9 Å². The Hall–Kier alpha value is -3.19. The highest BCUT2D eigenvalue weighted by Crippen LogP contribution is 2.33. The Labute approximate surface area is 211 Å². The Balaban J connectivity index is 1.41. The lowest BCUT2D eigenvalue weighted by Gasteiger charge is -2.33. The van der Waals surface area contributed by atoms with Crippen molar-refractivity contribution in [2.45, 2.75) is 65.6 Å². The largest absolute Gasteiger partial charge is 0.369 e. The van der Waals surface area contributed by atoms with Gasteiger partial charge in [-0.05, 0) is 58.2 Å². The second-order valence-electron chi connectivity index (χ2n) is 9.74. The highest BCUT2D eigenvalue weighted by atomic mass is 19.1. The lowest BCUT2D eigenvalue weighted by Crippen LogP contribution is -2.39. The first kappa shape index (κ1) is 25.9. The molecule has 190 valence electrons. The summed E-state index contributed by atoms with van der Waals surface area (Å²) < 4.78 is 34.2. The Morgan fingerprint density at radius 2 is 1.72 bits per heavy atom. The van der Waals surface area contributed by atoms with E-state index in [0.29, 0.717) is 25.5 Å². The van der Waals surface area contributed by atoms with Gasteiger partial charge in [0.2, 0.25) is 5.91 Å². The number of piperidine rings is 1. The molecule has 0 radical (unpaired) electrons. The summed E-state index contributed by atoms with van der Waals surface area (Å²) in [5.41, 5.74) is 5.30. The lowest BCUT2D eigenvalue weighted by atomic mass is 9.89. The van der Waals surface area contributed by atoms with Crippen LogP contribution >= 0.6 is 0 Å². The van der Waals surface area contributed by atoms with Crippen molar-refractivity contribution in [3.63, 3.8) is 0 Å². The van der Waals surface area contributed by atoms with E-state index in [2.05, 4.69) is 37.0 Å². The maximum absolute atomic E-state index is 14.0. The molecule has 0 spiro atoms. The van der Waals surface area contributed by atoms with E-state index in [0.717, 1.165) is 29.7 Å². The smallest absolute Gasteiger partial charge is 0.227 e. The second-order valence-corrected chi connectivity index (χ2v) is 9.74. The quantitative estimate of drug-likeness (QED) is 0.411. The summed E-state index contributed by atoms with van der Waals surface area (Å²) >= 11 is 0. The third-order valence-corrected chi connectivity index (χ3v) is 6.81. The van der Waals surface area contributed by atoms with Crippen molar-refractivity contribution in [3.8, 4) is 0 Å². The van der Waals surface area contributed by atoms with Crippen molar-refractivity contribution in [3.05, 3.63) is 93.6 Å². The predicted molar refractivity (Wildman–Crippen MR) is 135 cm³/mol. The van der Waals surface area contributed by atoms with Gasteiger partial charge in [-0.3, -0.25) is 4.79 Å². The lowest BCUT2D eigenvalue weighted by molar-refractivity contribution is -0.131. The molecule has 1 aromatic heterocycles. The van der Waals surface area contributed by atoms with E-state index < -0.39 is 11.6 Å². The number of hydrogen-bond acceptors (Lipinski definition) is 4. The van der Waals surface area contributed by atoms with Gasteiger partial charge in [0.25, 0.3) is 0 Å². The van der Waals surface area contributed by atoms with E-state index in [1.54, 1.807) is 4.90 Å². The number of likely N-dealkylation sites (tertiary alicyclic amines) is 1. The molecule has 1 aliphatic rings. The van der Waals surface area contributed by atoms with Gasteiger partial charge >= 0.3 is 0 Å². The predicted octanol–water partition coefficient (Wildman–Crippen LogP) is 5.91. The number of rotatable bonds is 7. The fraction of sp³-hybridized carbons (Fsp3) is 0.414. The average Bonchev–Trinajstić information content (AvgIpc) is 2.84. The number of hydrogen-bond donors (Lipinski definition) is 0. The first-order valence-corrected chi connectivity index (χ1v) is 12.4. The minimum absolute atomic E-state index is 0.156. The Morgan fingerprint density at radius 3 is 2.36 bits per heavy atom. The number of aryl methyl sites for hydroxylation is 3. The van der Waals surface area contributed by atoms with Crippen molar-refractivity contribution in [2.24, 2.45) is 0 Å². The van der Waals surface area contributed by atoms with Crippen molar-refractivity contribution in [1.29, 1.82) is 0 Å². The standard InChI is InChI=1S/C29H33F2N3O2/c1-18-12-19(2)14-22(13-18)17-36-20(3)25-16-32-21(4)33-29(25)23-8-10-34(11-9-23)28(35)15-24-26(30)6-5-7-27(24)31/h5-7,12-14,16,20,23H,8-11,15,17H2,1-4H3. The number of halogens is 2. The van der Waals surface area contributed by atoms with Crippen molar-refractivity contribution in [1.82, 2.24) is 14.9 Å². The SMILES string of the molecule is Cc1cc(C)cc(COC(C)c2cnc(C)nc2C2CCN(C(=O)Cc3c(F)cccc3F)CC2)c1. The first-order valence-electron chi connectivity index (χ1n) is 12.4. The molecule has 0 N–H and O–H groups in total. The van der Waals surface area contributed by atoms with Crippen molar-refractivity contribution >= 4 is 5.91 Å². The third kappa shape index (κ3) is 6.13. The zero-order valence-corrected chi connectivity index (χ0v) is 21.4. The van der Waals surface area contributed by atoms with Crippen LogP contribution < -0.4 is 0 Å². The van der Waals surface area contributed by atoms with Gasteiger partial charge in [0.15, 0.2) is 0 Å². The topological polar surface area (TPSA) is 55.3 Å². The van der Waals surface area contributed by atoms with Crippen LogP contribution in [0.5, 0.6) is 0 Å². The molecule has 1 unspecified atom stereocenters. The van der Waals surface area contributed by atoms with Crippen LogP contribution in [-0.4, -0.2) is 33.9 Å². The van der Waals surface area contributed by atoms with Gasteiger partial charge in [0.1, 0.15) is 17.5 Å². The normalized spacial score (nSPS) is 15.2. The molecule has 5 nitrogen and oxygen atoms in total. The summed E-state index contributed by atoms with van der Waals surface area (Å²) in [5.74, 6) is -0.781. The van der Waals surface area contributed by atoms with Crippen LogP contribution in [0, 0.1) is 32.4 Å². The van der Waals surface area contributed by atoms with E-state index in [9.17, 15) is 13.6 Å². The molecule has 2 aromatic carbocycles. The monoisotopic (exact) mass is 493 g/mol. The minimum Gasteiger partial charge on any atom is -0.369 e. The zero-order chi connectivity index (χ0) is 25.8. The average molecular weight is 494 g/mol. The fourth-order valence-corrected chi connectivity index (χ4v) is 4.97. The molecular weight excluding hydrogens is 460 g/mol. The molecule has 2 heterocycles. The number of benzene rings is 2. The molecule has 1 atom stereocenters. The Kier molecular flexibility index (Phi) is 8.09. The summed E-state index contributed by atoms with van der Waals surface area (Å²) in [6.45, 7) is 9.57. The highest BCUT2D eigenvalue weighted by Gasteiger charge is 2.28. The van der Waals surface area contributed by atoms with Crippen LogP contribution in [0.15, 0.2) is 42.6 Å². The molecule has 1 fully saturated rings. The Bertz CT molecular complexity index is 1200. The van der Waals surface area contributed by atoms with Gasteiger partial charge in [-0.1, -0.05) is 35.4 Å². The van der Waals surface area contributed by atoms with Crippen LogP contribution in [0.25, 0.3) is 0 Å². The molecule has 4 rings (SSSR count). The molecule has 7 heteroatoms. The molecule has 36 heavy (non-hydrogen) atoms. The highest BCUT2D eigenvalue weighted by molar-refractivity contribution is 5.79. The van der Waals surface area contributed by atoms with Crippen LogP contribution in [0.2, 0.25) is 0 Å². The molecular formula is C29H33F2N3O2. The van der Waals surface area contributed by atoms with Gasteiger partial charge in [0, 0.05) is 36.3 Å². The number of amides is 1. The maximum atomic E-state index is 14.0. The molecule has 0 bridgehead atoms. The van der Waals surface area contributed by atoms with E-state index >= 15 is 0 Å². The van der Waals surface area contributed by atoms with Gasteiger partial charge in [-0.15, -0.1) is 0 Å². The zero-order valence-electron chi connectivity index (χ0n) is 21.4.